The Hall–Kier alpha value is -3.48. The van der Waals surface area contributed by atoms with Gasteiger partial charge < -0.3 is 24.5 Å². The van der Waals surface area contributed by atoms with E-state index in [0.29, 0.717) is 36.2 Å². The standard InChI is InChI=1S/C22H22N2O5/c1-27-17-5-3-15-11-16(22(26)24-18(15)12-17)4-7-21(25)23-9-8-14-2-6-19-20(10-14)29-13-28-19/h2-3,5-6,10-12H,4,7-9,13H2,1H3,(H,23,25)(H,24,26). The quantitative estimate of drug-likeness (QED) is 0.643. The number of methoxy groups -OCH3 is 1. The number of aryl methyl sites for hydroxylation is 1. The number of fused-ring (bicyclic) bond motifs is 2. The van der Waals surface area contributed by atoms with Crippen LogP contribution in [0.15, 0.2) is 47.3 Å². The Morgan fingerprint density at radius 2 is 1.97 bits per heavy atom. The Kier molecular flexibility index (Phi) is 5.37. The number of carbonyl (C=O) groups excluding carboxylic acids is 1. The summed E-state index contributed by atoms with van der Waals surface area (Å²) in [5, 5.41) is 3.81. The van der Waals surface area contributed by atoms with Gasteiger partial charge in [-0.3, -0.25) is 9.59 Å². The van der Waals surface area contributed by atoms with Crippen LogP contribution in [0.1, 0.15) is 17.5 Å². The van der Waals surface area contributed by atoms with Gasteiger partial charge >= 0.3 is 0 Å². The van der Waals surface area contributed by atoms with Gasteiger partial charge in [-0.25, -0.2) is 0 Å². The molecular weight excluding hydrogens is 372 g/mol. The smallest absolute Gasteiger partial charge is 0.251 e. The maximum atomic E-state index is 12.3. The molecule has 0 atom stereocenters. The Morgan fingerprint density at radius 3 is 2.83 bits per heavy atom. The number of rotatable bonds is 7. The average Bonchev–Trinajstić information content (AvgIpc) is 3.19. The summed E-state index contributed by atoms with van der Waals surface area (Å²) in [4.78, 5) is 27.3. The van der Waals surface area contributed by atoms with E-state index in [1.807, 2.05) is 36.4 Å². The first-order valence-electron chi connectivity index (χ1n) is 9.47. The van der Waals surface area contributed by atoms with Crippen molar-refractivity contribution >= 4 is 16.8 Å². The van der Waals surface area contributed by atoms with Crippen molar-refractivity contribution in [2.75, 3.05) is 20.4 Å². The summed E-state index contributed by atoms with van der Waals surface area (Å²) in [6.45, 7) is 0.767. The lowest BCUT2D eigenvalue weighted by Crippen LogP contribution is -2.26. The Labute approximate surface area is 167 Å². The van der Waals surface area contributed by atoms with Gasteiger partial charge in [-0.05, 0) is 54.1 Å². The minimum Gasteiger partial charge on any atom is -0.497 e. The van der Waals surface area contributed by atoms with Crippen LogP contribution in [0, 0.1) is 0 Å². The fourth-order valence-electron chi connectivity index (χ4n) is 3.32. The van der Waals surface area contributed by atoms with E-state index in [2.05, 4.69) is 10.3 Å². The van der Waals surface area contributed by atoms with Gasteiger partial charge in [0.05, 0.1) is 12.6 Å². The third-order valence-electron chi connectivity index (χ3n) is 4.92. The number of hydrogen-bond acceptors (Lipinski definition) is 5. The second kappa shape index (κ2) is 8.26. The number of benzene rings is 2. The van der Waals surface area contributed by atoms with E-state index in [9.17, 15) is 9.59 Å². The van der Waals surface area contributed by atoms with Crippen molar-refractivity contribution in [3.8, 4) is 17.2 Å². The second-order valence-electron chi connectivity index (χ2n) is 6.86. The van der Waals surface area contributed by atoms with Crippen LogP contribution in [-0.2, 0) is 17.6 Å². The highest BCUT2D eigenvalue weighted by Gasteiger charge is 2.13. The summed E-state index contributed by atoms with van der Waals surface area (Å²) in [6.07, 6.45) is 1.33. The van der Waals surface area contributed by atoms with E-state index in [1.54, 1.807) is 13.2 Å². The molecule has 2 N–H and O–H groups in total. The molecule has 0 fully saturated rings. The largest absolute Gasteiger partial charge is 0.497 e. The van der Waals surface area contributed by atoms with Gasteiger partial charge in [0, 0.05) is 24.6 Å². The van der Waals surface area contributed by atoms with Crippen LogP contribution in [0.4, 0.5) is 0 Å². The lowest BCUT2D eigenvalue weighted by Gasteiger charge is -2.07. The SMILES string of the molecule is COc1ccc2cc(CCC(=O)NCCc3ccc4c(c3)OCO4)c(=O)[nH]c2c1. The first kappa shape index (κ1) is 18.9. The number of H-pyrrole nitrogens is 1. The van der Waals surface area contributed by atoms with Crippen LogP contribution in [0.3, 0.4) is 0 Å². The number of aromatic amines is 1. The van der Waals surface area contributed by atoms with Crippen LogP contribution < -0.4 is 25.1 Å². The van der Waals surface area contributed by atoms with Crippen molar-refractivity contribution in [2.45, 2.75) is 19.3 Å². The average molecular weight is 394 g/mol. The molecule has 150 valence electrons. The molecule has 0 saturated heterocycles. The lowest BCUT2D eigenvalue weighted by molar-refractivity contribution is -0.121. The maximum absolute atomic E-state index is 12.3. The van der Waals surface area contributed by atoms with Crippen molar-refractivity contribution in [1.82, 2.24) is 10.3 Å². The molecule has 0 radical (unpaired) electrons. The third kappa shape index (κ3) is 4.34. The van der Waals surface area contributed by atoms with Gasteiger partial charge in [0.15, 0.2) is 11.5 Å². The molecule has 0 spiro atoms. The van der Waals surface area contributed by atoms with Crippen LogP contribution in [0.2, 0.25) is 0 Å². The molecule has 1 aromatic heterocycles. The molecule has 0 aliphatic carbocycles. The normalized spacial score (nSPS) is 12.2. The molecule has 1 aliphatic heterocycles. The maximum Gasteiger partial charge on any atom is 0.251 e. The zero-order chi connectivity index (χ0) is 20.2. The predicted octanol–water partition coefficient (Wildman–Crippen LogP) is 2.56. The number of ether oxygens (including phenoxy) is 3. The molecule has 7 nitrogen and oxygen atoms in total. The van der Waals surface area contributed by atoms with Crippen LogP contribution in [0.25, 0.3) is 10.9 Å². The predicted molar refractivity (Wildman–Crippen MR) is 109 cm³/mol. The molecule has 0 unspecified atom stereocenters. The summed E-state index contributed by atoms with van der Waals surface area (Å²) < 4.78 is 15.8. The number of amides is 1. The number of hydrogen-bond donors (Lipinski definition) is 2. The van der Waals surface area contributed by atoms with Gasteiger partial charge in [-0.15, -0.1) is 0 Å². The third-order valence-corrected chi connectivity index (χ3v) is 4.92. The minimum atomic E-state index is -0.182. The zero-order valence-corrected chi connectivity index (χ0v) is 16.1. The summed E-state index contributed by atoms with van der Waals surface area (Å²) in [7, 11) is 1.58. The first-order valence-corrected chi connectivity index (χ1v) is 9.47. The molecule has 29 heavy (non-hydrogen) atoms. The number of carbonyl (C=O) groups is 1. The number of aromatic nitrogens is 1. The van der Waals surface area contributed by atoms with Gasteiger partial charge in [0.25, 0.3) is 5.56 Å². The molecule has 4 rings (SSSR count). The van der Waals surface area contributed by atoms with Gasteiger partial charge in [-0.1, -0.05) is 6.07 Å². The van der Waals surface area contributed by atoms with E-state index in [4.69, 9.17) is 14.2 Å². The molecule has 7 heteroatoms. The minimum absolute atomic E-state index is 0.0834. The van der Waals surface area contributed by atoms with Crippen molar-refractivity contribution in [1.29, 1.82) is 0 Å². The number of pyridine rings is 1. The molecule has 3 aromatic rings. The van der Waals surface area contributed by atoms with E-state index >= 15 is 0 Å². The molecule has 0 saturated carbocycles. The zero-order valence-electron chi connectivity index (χ0n) is 16.1. The highest BCUT2D eigenvalue weighted by molar-refractivity contribution is 5.81. The summed E-state index contributed by atoms with van der Waals surface area (Å²) >= 11 is 0. The summed E-state index contributed by atoms with van der Waals surface area (Å²) in [6, 6.07) is 13.1. The second-order valence-corrected chi connectivity index (χ2v) is 6.86. The molecule has 2 heterocycles. The van der Waals surface area contributed by atoms with Crippen molar-refractivity contribution in [2.24, 2.45) is 0 Å². The van der Waals surface area contributed by atoms with E-state index < -0.39 is 0 Å². The lowest BCUT2D eigenvalue weighted by atomic mass is 10.1. The van der Waals surface area contributed by atoms with E-state index in [-0.39, 0.29) is 24.7 Å². The molecular formula is C22H22N2O5. The fraction of sp³-hybridized carbons (Fsp3) is 0.273. The van der Waals surface area contributed by atoms with Gasteiger partial charge in [-0.2, -0.15) is 0 Å². The van der Waals surface area contributed by atoms with Gasteiger partial charge in [0.1, 0.15) is 5.75 Å². The fourth-order valence-corrected chi connectivity index (χ4v) is 3.32. The molecule has 1 aliphatic rings. The molecule has 0 bridgehead atoms. The van der Waals surface area contributed by atoms with E-state index in [0.717, 1.165) is 22.4 Å². The van der Waals surface area contributed by atoms with Crippen molar-refractivity contribution in [3.63, 3.8) is 0 Å². The van der Waals surface area contributed by atoms with Crippen molar-refractivity contribution < 1.29 is 19.0 Å². The monoisotopic (exact) mass is 394 g/mol. The first-order chi connectivity index (χ1) is 14.1. The molecule has 2 aromatic carbocycles. The Balaban J connectivity index is 1.30. The van der Waals surface area contributed by atoms with Crippen LogP contribution in [0.5, 0.6) is 17.2 Å². The Bertz CT molecular complexity index is 1110. The molecule has 1 amide bonds. The highest BCUT2D eigenvalue weighted by atomic mass is 16.7. The van der Waals surface area contributed by atoms with Crippen molar-refractivity contribution in [3.05, 3.63) is 63.9 Å². The Morgan fingerprint density at radius 1 is 1.10 bits per heavy atom. The topological polar surface area (TPSA) is 89.7 Å². The van der Waals surface area contributed by atoms with Gasteiger partial charge in [0.2, 0.25) is 12.7 Å². The number of nitrogens with one attached hydrogen (secondary N) is 2. The summed E-state index contributed by atoms with van der Waals surface area (Å²) in [5.41, 5.74) is 2.19. The summed E-state index contributed by atoms with van der Waals surface area (Å²) in [5.74, 6) is 2.08. The van der Waals surface area contributed by atoms with Crippen LogP contribution in [-0.4, -0.2) is 31.3 Å². The van der Waals surface area contributed by atoms with E-state index in [1.165, 1.54) is 0 Å². The van der Waals surface area contributed by atoms with Crippen LogP contribution >= 0.6 is 0 Å². The highest BCUT2D eigenvalue weighted by Crippen LogP contribution is 2.32.